The molecule has 54 heavy (non-hydrogen) atoms. The van der Waals surface area contributed by atoms with Crippen LogP contribution in [0, 0.1) is 0 Å². The zero-order valence-corrected chi connectivity index (χ0v) is 30.9. The van der Waals surface area contributed by atoms with Gasteiger partial charge in [-0.1, -0.05) is 127 Å². The molecule has 5 heteroatoms. The fourth-order valence-electron chi connectivity index (χ4n) is 8.61. The molecular weight excluding hydrogens is 661 g/mol. The largest absolute Gasteiger partial charge is 0.494 e. The van der Waals surface area contributed by atoms with Gasteiger partial charge in [-0.25, -0.2) is 0 Å². The SMILES string of the molecule is CC1(C)OB(c2ccc3c(c2)-c2cc(-c4ccc5c(c4)Oc4ccccc4N5c4ccccc4)ccc2C3(c2ccccc2)c2ccccc2)OC1(C)C. The van der Waals surface area contributed by atoms with Gasteiger partial charge in [-0.15, -0.1) is 0 Å². The molecule has 262 valence electrons. The first-order valence-electron chi connectivity index (χ1n) is 18.8. The molecule has 1 fully saturated rings. The first-order chi connectivity index (χ1) is 26.2. The smallest absolute Gasteiger partial charge is 0.453 e. The minimum atomic E-state index is -0.515. The van der Waals surface area contributed by atoms with Crippen molar-refractivity contribution in [3.05, 3.63) is 192 Å². The molecule has 7 aromatic carbocycles. The second-order valence-electron chi connectivity index (χ2n) is 15.6. The van der Waals surface area contributed by atoms with Crippen LogP contribution in [-0.4, -0.2) is 18.3 Å². The molecule has 2 aliphatic heterocycles. The van der Waals surface area contributed by atoms with Crippen LogP contribution in [0.3, 0.4) is 0 Å². The highest BCUT2D eigenvalue weighted by atomic mass is 16.7. The van der Waals surface area contributed by atoms with Crippen molar-refractivity contribution in [3.8, 4) is 33.8 Å². The fourth-order valence-corrected chi connectivity index (χ4v) is 8.61. The summed E-state index contributed by atoms with van der Waals surface area (Å²) in [6, 6.07) is 60.9. The molecule has 1 aliphatic carbocycles. The standard InChI is InChI=1S/C49H40BNO3/c1-47(2)48(3,4)54-50(53-47)37-26-28-42-40(32-37)39-30-33(24-27-41(39)49(42,35-16-8-5-9-17-35)36-18-10-6-11-19-36)34-25-29-44-46(31-34)52-45-23-15-14-22-43(45)51(44)38-20-12-7-13-21-38/h5-32H,1-4H3. The van der Waals surface area contributed by atoms with E-state index in [4.69, 9.17) is 14.0 Å². The predicted molar refractivity (Wildman–Crippen MR) is 220 cm³/mol. The Labute approximate surface area is 317 Å². The highest BCUT2D eigenvalue weighted by Gasteiger charge is 2.53. The second-order valence-corrected chi connectivity index (χ2v) is 15.6. The van der Waals surface area contributed by atoms with Crippen LogP contribution in [0.2, 0.25) is 0 Å². The molecule has 0 unspecified atom stereocenters. The molecule has 0 saturated carbocycles. The van der Waals surface area contributed by atoms with Crippen molar-refractivity contribution in [2.45, 2.75) is 44.3 Å². The van der Waals surface area contributed by atoms with Crippen molar-refractivity contribution in [2.75, 3.05) is 4.90 Å². The Morgan fingerprint density at radius 3 is 1.65 bits per heavy atom. The van der Waals surface area contributed by atoms with Gasteiger partial charge in [0.25, 0.3) is 0 Å². The Morgan fingerprint density at radius 1 is 0.463 bits per heavy atom. The lowest BCUT2D eigenvalue weighted by atomic mass is 9.67. The third kappa shape index (κ3) is 4.85. The molecule has 0 N–H and O–H groups in total. The summed E-state index contributed by atoms with van der Waals surface area (Å²) in [5, 5.41) is 0. The first-order valence-corrected chi connectivity index (χ1v) is 18.8. The van der Waals surface area contributed by atoms with Crippen LogP contribution in [0.4, 0.5) is 17.1 Å². The highest BCUT2D eigenvalue weighted by molar-refractivity contribution is 6.62. The zero-order valence-electron chi connectivity index (χ0n) is 30.9. The van der Waals surface area contributed by atoms with Crippen LogP contribution in [0.1, 0.15) is 49.9 Å². The zero-order chi connectivity index (χ0) is 36.7. The number of hydrogen-bond acceptors (Lipinski definition) is 4. The van der Waals surface area contributed by atoms with Gasteiger partial charge in [-0.05, 0) is 120 Å². The number of nitrogens with zero attached hydrogens (tertiary/aromatic N) is 1. The van der Waals surface area contributed by atoms with E-state index in [2.05, 4.69) is 190 Å². The van der Waals surface area contributed by atoms with Gasteiger partial charge in [0.15, 0.2) is 11.5 Å². The average Bonchev–Trinajstić information content (AvgIpc) is 3.62. The molecular formula is C49H40BNO3. The summed E-state index contributed by atoms with van der Waals surface area (Å²) in [6.07, 6.45) is 0. The van der Waals surface area contributed by atoms with E-state index in [1.165, 1.54) is 33.4 Å². The normalized spacial score (nSPS) is 16.9. The van der Waals surface area contributed by atoms with Crippen molar-refractivity contribution >= 4 is 29.6 Å². The van der Waals surface area contributed by atoms with Gasteiger partial charge in [0.2, 0.25) is 0 Å². The summed E-state index contributed by atoms with van der Waals surface area (Å²) in [4.78, 5) is 2.28. The molecule has 0 aromatic heterocycles. The molecule has 0 radical (unpaired) electrons. The summed E-state index contributed by atoms with van der Waals surface area (Å²) in [7, 11) is -0.469. The molecule has 3 aliphatic rings. The van der Waals surface area contributed by atoms with E-state index in [0.29, 0.717) is 0 Å². The fraction of sp³-hybridized carbons (Fsp3) is 0.143. The van der Waals surface area contributed by atoms with Crippen molar-refractivity contribution in [2.24, 2.45) is 0 Å². The lowest BCUT2D eigenvalue weighted by molar-refractivity contribution is 0.00578. The van der Waals surface area contributed by atoms with E-state index in [9.17, 15) is 0 Å². The van der Waals surface area contributed by atoms with E-state index in [-0.39, 0.29) is 0 Å². The van der Waals surface area contributed by atoms with Gasteiger partial charge in [0.1, 0.15) is 0 Å². The van der Waals surface area contributed by atoms with Gasteiger partial charge in [0.05, 0.1) is 28.0 Å². The van der Waals surface area contributed by atoms with Gasteiger partial charge < -0.3 is 18.9 Å². The minimum absolute atomic E-state index is 0.440. The topological polar surface area (TPSA) is 30.9 Å². The minimum Gasteiger partial charge on any atom is -0.453 e. The molecule has 0 amide bonds. The van der Waals surface area contributed by atoms with Crippen molar-refractivity contribution in [3.63, 3.8) is 0 Å². The molecule has 2 heterocycles. The summed E-state index contributed by atoms with van der Waals surface area (Å²) < 4.78 is 19.8. The Kier molecular flexibility index (Phi) is 7.32. The Hall–Kier alpha value is -5.88. The molecule has 7 aromatic rings. The number of fused-ring (bicyclic) bond motifs is 5. The maximum atomic E-state index is 6.63. The molecule has 0 bridgehead atoms. The highest BCUT2D eigenvalue weighted by Crippen LogP contribution is 2.57. The number of ether oxygens (including phenoxy) is 1. The average molecular weight is 702 g/mol. The van der Waals surface area contributed by atoms with Crippen LogP contribution < -0.4 is 15.1 Å². The Bertz CT molecular complexity index is 2490. The molecule has 0 atom stereocenters. The van der Waals surface area contributed by atoms with Crippen molar-refractivity contribution < 1.29 is 14.0 Å². The summed E-state index contributed by atoms with van der Waals surface area (Å²) in [6.45, 7) is 8.44. The Morgan fingerprint density at radius 2 is 0.981 bits per heavy atom. The predicted octanol–water partition coefficient (Wildman–Crippen LogP) is 11.6. The van der Waals surface area contributed by atoms with Gasteiger partial charge in [0, 0.05) is 5.69 Å². The van der Waals surface area contributed by atoms with E-state index in [0.717, 1.165) is 45.2 Å². The van der Waals surface area contributed by atoms with E-state index >= 15 is 0 Å². The number of rotatable bonds is 5. The molecule has 10 rings (SSSR count). The van der Waals surface area contributed by atoms with Crippen LogP contribution in [0.25, 0.3) is 22.3 Å². The van der Waals surface area contributed by atoms with Crippen molar-refractivity contribution in [1.29, 1.82) is 0 Å². The van der Waals surface area contributed by atoms with Gasteiger partial charge in [-0.3, -0.25) is 0 Å². The molecule has 4 nitrogen and oxygen atoms in total. The lowest BCUT2D eigenvalue weighted by Gasteiger charge is -2.34. The Balaban J connectivity index is 1.16. The maximum absolute atomic E-state index is 6.63. The summed E-state index contributed by atoms with van der Waals surface area (Å²) >= 11 is 0. The van der Waals surface area contributed by atoms with E-state index < -0.39 is 23.7 Å². The first kappa shape index (κ1) is 32.8. The van der Waals surface area contributed by atoms with Crippen molar-refractivity contribution in [1.82, 2.24) is 0 Å². The van der Waals surface area contributed by atoms with Crippen LogP contribution in [-0.2, 0) is 14.7 Å². The summed E-state index contributed by atoms with van der Waals surface area (Å²) in [5.41, 5.74) is 12.3. The number of para-hydroxylation sites is 3. The molecule has 0 spiro atoms. The lowest BCUT2D eigenvalue weighted by Crippen LogP contribution is -2.41. The molecule has 1 saturated heterocycles. The second kappa shape index (κ2) is 12.1. The van der Waals surface area contributed by atoms with E-state index in [1.807, 2.05) is 12.1 Å². The summed E-state index contributed by atoms with van der Waals surface area (Å²) in [5.74, 6) is 1.65. The number of hydrogen-bond donors (Lipinski definition) is 0. The number of anilines is 3. The van der Waals surface area contributed by atoms with Gasteiger partial charge >= 0.3 is 7.12 Å². The van der Waals surface area contributed by atoms with E-state index in [1.54, 1.807) is 0 Å². The third-order valence-corrected chi connectivity index (χ3v) is 12.0. The maximum Gasteiger partial charge on any atom is 0.494 e. The van der Waals surface area contributed by atoms with Crippen LogP contribution >= 0.6 is 0 Å². The van der Waals surface area contributed by atoms with Gasteiger partial charge in [-0.2, -0.15) is 0 Å². The van der Waals surface area contributed by atoms with Crippen LogP contribution in [0.15, 0.2) is 170 Å². The monoisotopic (exact) mass is 701 g/mol. The van der Waals surface area contributed by atoms with Crippen LogP contribution in [0.5, 0.6) is 11.5 Å². The quantitative estimate of drug-likeness (QED) is 0.167. The number of benzene rings is 7. The third-order valence-electron chi connectivity index (χ3n) is 12.0.